The van der Waals surface area contributed by atoms with Crippen LogP contribution in [0.1, 0.15) is 18.5 Å². The number of fused-ring (bicyclic) bond motifs is 3. The maximum absolute atomic E-state index is 10.0. The van der Waals surface area contributed by atoms with Crippen LogP contribution in [0, 0.1) is 0 Å². The van der Waals surface area contributed by atoms with E-state index in [1.807, 2.05) is 0 Å². The molecule has 0 bridgehead atoms. The molecule has 0 saturated carbocycles. The Kier molecular flexibility index (Phi) is 5.64. The summed E-state index contributed by atoms with van der Waals surface area (Å²) >= 11 is 0. The highest BCUT2D eigenvalue weighted by molar-refractivity contribution is 6.08. The molecule has 1 aliphatic rings. The van der Waals surface area contributed by atoms with Crippen molar-refractivity contribution in [2.24, 2.45) is 0 Å². The number of aromatic nitrogens is 1. The summed E-state index contributed by atoms with van der Waals surface area (Å²) in [5.41, 5.74) is 3.78. The number of aryl methyl sites for hydroxylation is 1. The minimum atomic E-state index is 0. The maximum Gasteiger partial charge on any atom is 0.0628 e. The fourth-order valence-corrected chi connectivity index (χ4v) is 4.04. The van der Waals surface area contributed by atoms with Crippen molar-refractivity contribution < 1.29 is 5.11 Å². The number of piperazine rings is 1. The van der Waals surface area contributed by atoms with E-state index in [4.69, 9.17) is 0 Å². The van der Waals surface area contributed by atoms with Crippen molar-refractivity contribution in [1.29, 1.82) is 0 Å². The molecular weight excluding hydrogens is 334 g/mol. The van der Waals surface area contributed by atoms with Gasteiger partial charge in [-0.15, -0.1) is 12.4 Å². The fourth-order valence-electron chi connectivity index (χ4n) is 4.04. The van der Waals surface area contributed by atoms with Gasteiger partial charge in [0.25, 0.3) is 0 Å². The molecule has 134 valence electrons. The molecule has 2 aromatic carbocycles. The largest absolute Gasteiger partial charge is 0.394 e. The van der Waals surface area contributed by atoms with Crippen LogP contribution in [0.4, 0.5) is 0 Å². The highest BCUT2D eigenvalue weighted by Crippen LogP contribution is 2.32. The van der Waals surface area contributed by atoms with Crippen molar-refractivity contribution in [2.45, 2.75) is 19.5 Å². The van der Waals surface area contributed by atoms with Crippen molar-refractivity contribution in [1.82, 2.24) is 14.8 Å². The summed E-state index contributed by atoms with van der Waals surface area (Å²) in [5.74, 6) is 0. The zero-order valence-corrected chi connectivity index (χ0v) is 15.4. The van der Waals surface area contributed by atoms with Crippen LogP contribution >= 0.6 is 12.4 Å². The standard InChI is InChI=1S/C20H25N3O.ClH/c1-2-23-18-6-4-3-5-16(18)17-13-15(7-8-19(17)23)20(14-24)22-11-9-21-10-12-22;/h3-8,13,20-21,24H,2,9-12,14H2,1H3;1H/t20-;/m0./s1. The molecule has 0 unspecified atom stereocenters. The molecule has 1 fully saturated rings. The topological polar surface area (TPSA) is 40.4 Å². The van der Waals surface area contributed by atoms with E-state index in [9.17, 15) is 5.11 Å². The van der Waals surface area contributed by atoms with Gasteiger partial charge >= 0.3 is 0 Å². The number of hydrogen-bond donors (Lipinski definition) is 2. The Bertz CT molecular complexity index is 855. The van der Waals surface area contributed by atoms with Gasteiger partial charge in [-0.25, -0.2) is 0 Å². The van der Waals surface area contributed by atoms with Gasteiger partial charge in [0.15, 0.2) is 0 Å². The second-order valence-electron chi connectivity index (χ2n) is 6.52. The lowest BCUT2D eigenvalue weighted by molar-refractivity contribution is 0.111. The van der Waals surface area contributed by atoms with E-state index in [-0.39, 0.29) is 25.1 Å². The third-order valence-electron chi connectivity index (χ3n) is 5.26. The molecule has 0 amide bonds. The monoisotopic (exact) mass is 359 g/mol. The summed E-state index contributed by atoms with van der Waals surface area (Å²) in [6.07, 6.45) is 0. The van der Waals surface area contributed by atoms with Gasteiger partial charge in [-0.1, -0.05) is 24.3 Å². The minimum absolute atomic E-state index is 0. The first-order valence-corrected chi connectivity index (χ1v) is 8.90. The van der Waals surface area contributed by atoms with Gasteiger partial charge < -0.3 is 15.0 Å². The van der Waals surface area contributed by atoms with Crippen molar-refractivity contribution >= 4 is 34.2 Å². The number of nitrogens with one attached hydrogen (secondary N) is 1. The third kappa shape index (κ3) is 3.15. The van der Waals surface area contributed by atoms with Gasteiger partial charge in [-0.2, -0.15) is 0 Å². The van der Waals surface area contributed by atoms with Crippen LogP contribution in [0.5, 0.6) is 0 Å². The molecule has 0 radical (unpaired) electrons. The van der Waals surface area contributed by atoms with Gasteiger partial charge in [0.05, 0.1) is 12.6 Å². The van der Waals surface area contributed by atoms with Crippen LogP contribution in [-0.2, 0) is 6.54 Å². The first-order valence-electron chi connectivity index (χ1n) is 8.90. The number of nitrogens with zero attached hydrogens (tertiary/aromatic N) is 2. The number of aliphatic hydroxyl groups is 1. The van der Waals surface area contributed by atoms with Gasteiger partial charge in [0.2, 0.25) is 0 Å². The first kappa shape index (κ1) is 18.2. The van der Waals surface area contributed by atoms with Crippen molar-refractivity contribution in [3.05, 3.63) is 48.0 Å². The molecule has 1 aromatic heterocycles. The molecule has 4 nitrogen and oxygen atoms in total. The Balaban J connectivity index is 0.00000182. The zero-order valence-electron chi connectivity index (χ0n) is 14.6. The van der Waals surface area contributed by atoms with Crippen molar-refractivity contribution in [3.8, 4) is 0 Å². The molecule has 4 rings (SSSR count). The summed E-state index contributed by atoms with van der Waals surface area (Å²) in [6.45, 7) is 7.28. The average molecular weight is 360 g/mol. The molecule has 1 aliphatic heterocycles. The molecule has 5 heteroatoms. The van der Waals surface area contributed by atoms with Gasteiger partial charge in [-0.05, 0) is 30.7 Å². The smallest absolute Gasteiger partial charge is 0.0628 e. The predicted molar refractivity (Wildman–Crippen MR) is 107 cm³/mol. The first-order chi connectivity index (χ1) is 11.8. The van der Waals surface area contributed by atoms with Crippen LogP contribution in [0.3, 0.4) is 0 Å². The van der Waals surface area contributed by atoms with E-state index < -0.39 is 0 Å². The molecule has 0 spiro atoms. The fraction of sp³-hybridized carbons (Fsp3) is 0.400. The van der Waals surface area contributed by atoms with E-state index >= 15 is 0 Å². The molecular formula is C20H26ClN3O. The van der Waals surface area contributed by atoms with Gasteiger partial charge in [0, 0.05) is 54.5 Å². The molecule has 1 atom stereocenters. The van der Waals surface area contributed by atoms with E-state index in [0.717, 1.165) is 32.7 Å². The normalized spacial score (nSPS) is 16.9. The predicted octanol–water partition coefficient (Wildman–Crippen LogP) is 3.17. The highest BCUT2D eigenvalue weighted by Gasteiger charge is 2.22. The molecule has 3 aromatic rings. The summed E-state index contributed by atoms with van der Waals surface area (Å²) in [7, 11) is 0. The van der Waals surface area contributed by atoms with Crippen LogP contribution in [0.15, 0.2) is 42.5 Å². The number of aliphatic hydroxyl groups excluding tert-OH is 1. The third-order valence-corrected chi connectivity index (χ3v) is 5.26. The average Bonchev–Trinajstić information content (AvgIpc) is 2.96. The van der Waals surface area contributed by atoms with Crippen molar-refractivity contribution in [2.75, 3.05) is 32.8 Å². The van der Waals surface area contributed by atoms with E-state index in [1.54, 1.807) is 0 Å². The maximum atomic E-state index is 10.0. The molecule has 25 heavy (non-hydrogen) atoms. The summed E-state index contributed by atoms with van der Waals surface area (Å²) < 4.78 is 2.37. The van der Waals surface area contributed by atoms with Crippen LogP contribution < -0.4 is 5.32 Å². The Hall–Kier alpha value is -1.59. The molecule has 2 heterocycles. The summed E-state index contributed by atoms with van der Waals surface area (Å²) in [4.78, 5) is 2.39. The quantitative estimate of drug-likeness (QED) is 0.751. The van der Waals surface area contributed by atoms with Crippen LogP contribution in [-0.4, -0.2) is 47.4 Å². The summed E-state index contributed by atoms with van der Waals surface area (Å²) in [5, 5.41) is 16.0. The zero-order chi connectivity index (χ0) is 16.5. The second kappa shape index (κ2) is 7.75. The molecule has 0 aliphatic carbocycles. The van der Waals surface area contributed by atoms with E-state index in [2.05, 4.69) is 64.2 Å². The van der Waals surface area contributed by atoms with E-state index in [1.165, 1.54) is 27.4 Å². The lowest BCUT2D eigenvalue weighted by atomic mass is 10.0. The lowest BCUT2D eigenvalue weighted by Gasteiger charge is -2.34. The number of para-hydroxylation sites is 1. The van der Waals surface area contributed by atoms with Crippen LogP contribution in [0.2, 0.25) is 0 Å². The Morgan fingerprint density at radius 1 is 1.04 bits per heavy atom. The van der Waals surface area contributed by atoms with Gasteiger partial charge in [0.1, 0.15) is 0 Å². The summed E-state index contributed by atoms with van der Waals surface area (Å²) in [6, 6.07) is 15.4. The van der Waals surface area contributed by atoms with Crippen LogP contribution in [0.25, 0.3) is 21.8 Å². The SMILES string of the molecule is CCn1c2ccccc2c2cc([C@H](CO)N3CCNCC3)ccc21.Cl. The van der Waals surface area contributed by atoms with Crippen molar-refractivity contribution in [3.63, 3.8) is 0 Å². The number of benzene rings is 2. The Labute approximate surface area is 154 Å². The minimum Gasteiger partial charge on any atom is -0.394 e. The Morgan fingerprint density at radius 3 is 2.48 bits per heavy atom. The lowest BCUT2D eigenvalue weighted by Crippen LogP contribution is -2.46. The Morgan fingerprint density at radius 2 is 1.76 bits per heavy atom. The second-order valence-corrected chi connectivity index (χ2v) is 6.52. The van der Waals surface area contributed by atoms with E-state index in [0.29, 0.717) is 0 Å². The van der Waals surface area contributed by atoms with Gasteiger partial charge in [-0.3, -0.25) is 4.90 Å². The number of hydrogen-bond acceptors (Lipinski definition) is 3. The number of rotatable bonds is 4. The molecule has 2 N–H and O–H groups in total. The molecule has 1 saturated heterocycles. The highest BCUT2D eigenvalue weighted by atomic mass is 35.5. The number of halogens is 1.